The lowest BCUT2D eigenvalue weighted by molar-refractivity contribution is -0.122. The van der Waals surface area contributed by atoms with Crippen molar-refractivity contribution in [3.8, 4) is 0 Å². The fraction of sp³-hybridized carbons (Fsp3) is 0.429. The number of rotatable bonds is 5. The summed E-state index contributed by atoms with van der Waals surface area (Å²) < 4.78 is 13.8. The highest BCUT2D eigenvalue weighted by atomic mass is 19.1. The lowest BCUT2D eigenvalue weighted by Gasteiger charge is -2.28. The SMILES string of the molecule is CCC(CC)(C(=O)Nc1ccc(C)cc1F)C(N)=NO. The summed E-state index contributed by atoms with van der Waals surface area (Å²) in [7, 11) is 0. The molecular weight excluding hydrogens is 261 g/mol. The number of oxime groups is 1. The van der Waals surface area contributed by atoms with Crippen LogP contribution >= 0.6 is 0 Å². The maximum atomic E-state index is 13.8. The number of amidine groups is 1. The highest BCUT2D eigenvalue weighted by Crippen LogP contribution is 2.29. The van der Waals surface area contributed by atoms with Crippen LogP contribution in [0.25, 0.3) is 0 Å². The second-order valence-electron chi connectivity index (χ2n) is 4.71. The smallest absolute Gasteiger partial charge is 0.238 e. The van der Waals surface area contributed by atoms with E-state index in [0.29, 0.717) is 12.8 Å². The first-order valence-electron chi connectivity index (χ1n) is 6.46. The molecule has 0 saturated heterocycles. The normalized spacial score (nSPS) is 12.3. The van der Waals surface area contributed by atoms with Gasteiger partial charge >= 0.3 is 0 Å². The van der Waals surface area contributed by atoms with Crippen molar-refractivity contribution in [2.75, 3.05) is 5.32 Å². The number of nitrogens with one attached hydrogen (secondary N) is 1. The molecule has 5 nitrogen and oxygen atoms in total. The molecule has 0 radical (unpaired) electrons. The van der Waals surface area contributed by atoms with Crippen molar-refractivity contribution >= 4 is 17.4 Å². The molecule has 0 heterocycles. The van der Waals surface area contributed by atoms with E-state index < -0.39 is 17.1 Å². The predicted molar refractivity (Wildman–Crippen MR) is 76.2 cm³/mol. The molecule has 0 aliphatic carbocycles. The second-order valence-corrected chi connectivity index (χ2v) is 4.71. The van der Waals surface area contributed by atoms with Gasteiger partial charge < -0.3 is 16.3 Å². The summed E-state index contributed by atoms with van der Waals surface area (Å²) in [6.07, 6.45) is 0.692. The quantitative estimate of drug-likeness (QED) is 0.335. The van der Waals surface area contributed by atoms with E-state index in [0.717, 1.165) is 5.56 Å². The molecule has 0 aliphatic rings. The Morgan fingerprint density at radius 2 is 2.05 bits per heavy atom. The van der Waals surface area contributed by atoms with Crippen LogP contribution in [0.5, 0.6) is 0 Å². The molecule has 1 aromatic carbocycles. The number of hydrogen-bond donors (Lipinski definition) is 3. The first-order valence-corrected chi connectivity index (χ1v) is 6.46. The third kappa shape index (κ3) is 2.89. The predicted octanol–water partition coefficient (Wildman–Crippen LogP) is 2.63. The number of aryl methyl sites for hydroxylation is 1. The van der Waals surface area contributed by atoms with Crippen LogP contribution in [0.1, 0.15) is 32.3 Å². The summed E-state index contributed by atoms with van der Waals surface area (Å²) in [5, 5.41) is 14.3. The molecule has 20 heavy (non-hydrogen) atoms. The molecule has 0 unspecified atom stereocenters. The van der Waals surface area contributed by atoms with Crippen LogP contribution in [-0.2, 0) is 4.79 Å². The Balaban J connectivity index is 3.09. The lowest BCUT2D eigenvalue weighted by Crippen LogP contribution is -2.46. The first-order chi connectivity index (χ1) is 9.41. The van der Waals surface area contributed by atoms with Gasteiger partial charge in [0.1, 0.15) is 11.2 Å². The topological polar surface area (TPSA) is 87.7 Å². The molecule has 0 aromatic heterocycles. The fourth-order valence-corrected chi connectivity index (χ4v) is 2.11. The number of halogens is 1. The van der Waals surface area contributed by atoms with E-state index in [4.69, 9.17) is 10.9 Å². The van der Waals surface area contributed by atoms with Gasteiger partial charge in [-0.1, -0.05) is 25.1 Å². The molecule has 0 atom stereocenters. The zero-order valence-electron chi connectivity index (χ0n) is 11.9. The third-order valence-electron chi connectivity index (χ3n) is 3.61. The van der Waals surface area contributed by atoms with E-state index in [2.05, 4.69) is 10.5 Å². The van der Waals surface area contributed by atoms with E-state index in [1.54, 1.807) is 26.8 Å². The number of anilines is 1. The third-order valence-corrected chi connectivity index (χ3v) is 3.61. The average molecular weight is 281 g/mol. The van der Waals surface area contributed by atoms with Crippen molar-refractivity contribution in [1.82, 2.24) is 0 Å². The Morgan fingerprint density at radius 1 is 1.45 bits per heavy atom. The molecule has 1 rings (SSSR count). The Hall–Kier alpha value is -2.11. The highest BCUT2D eigenvalue weighted by Gasteiger charge is 2.40. The van der Waals surface area contributed by atoms with Crippen LogP contribution in [-0.4, -0.2) is 17.0 Å². The van der Waals surface area contributed by atoms with Crippen LogP contribution in [0.3, 0.4) is 0 Å². The average Bonchev–Trinajstić information content (AvgIpc) is 2.43. The summed E-state index contributed by atoms with van der Waals surface area (Å²) in [5.74, 6) is -1.17. The zero-order chi connectivity index (χ0) is 15.3. The number of nitrogens with two attached hydrogens (primary N) is 1. The van der Waals surface area contributed by atoms with Crippen molar-refractivity contribution < 1.29 is 14.4 Å². The maximum Gasteiger partial charge on any atom is 0.238 e. The zero-order valence-corrected chi connectivity index (χ0v) is 11.9. The summed E-state index contributed by atoms with van der Waals surface area (Å²) in [4.78, 5) is 12.4. The summed E-state index contributed by atoms with van der Waals surface area (Å²) >= 11 is 0. The first kappa shape index (κ1) is 15.9. The van der Waals surface area contributed by atoms with Crippen molar-refractivity contribution in [3.05, 3.63) is 29.6 Å². The number of carbonyl (C=O) groups is 1. The molecule has 0 aliphatic heterocycles. The van der Waals surface area contributed by atoms with Crippen LogP contribution < -0.4 is 11.1 Å². The lowest BCUT2D eigenvalue weighted by atomic mass is 9.80. The number of amides is 1. The maximum absolute atomic E-state index is 13.8. The van der Waals surface area contributed by atoms with E-state index in [-0.39, 0.29) is 11.5 Å². The molecule has 0 saturated carbocycles. The standard InChI is InChI=1S/C14H20FN3O2/c1-4-14(5-2,12(16)18-20)13(19)17-11-7-6-9(3)8-10(11)15/h6-8,20H,4-5H2,1-3H3,(H2,16,18)(H,17,19). The molecular formula is C14H20FN3O2. The minimum Gasteiger partial charge on any atom is -0.409 e. The highest BCUT2D eigenvalue weighted by molar-refractivity contribution is 6.11. The summed E-state index contributed by atoms with van der Waals surface area (Å²) in [6, 6.07) is 4.52. The van der Waals surface area contributed by atoms with Crippen molar-refractivity contribution in [2.45, 2.75) is 33.6 Å². The van der Waals surface area contributed by atoms with E-state index in [1.807, 2.05) is 0 Å². The van der Waals surface area contributed by atoms with Gasteiger partial charge in [-0.05, 0) is 37.5 Å². The molecule has 0 bridgehead atoms. The monoisotopic (exact) mass is 281 g/mol. The Labute approximate surface area is 117 Å². The van der Waals surface area contributed by atoms with E-state index in [9.17, 15) is 9.18 Å². The van der Waals surface area contributed by atoms with Gasteiger partial charge in [0.25, 0.3) is 0 Å². The van der Waals surface area contributed by atoms with E-state index >= 15 is 0 Å². The Morgan fingerprint density at radius 3 is 2.50 bits per heavy atom. The van der Waals surface area contributed by atoms with Gasteiger partial charge in [-0.3, -0.25) is 4.79 Å². The van der Waals surface area contributed by atoms with Crippen molar-refractivity contribution in [1.29, 1.82) is 0 Å². The molecule has 4 N–H and O–H groups in total. The molecule has 0 spiro atoms. The number of nitrogens with zero attached hydrogens (tertiary/aromatic N) is 1. The van der Waals surface area contributed by atoms with Gasteiger partial charge in [0.2, 0.25) is 5.91 Å². The van der Waals surface area contributed by atoms with Gasteiger partial charge in [0.15, 0.2) is 5.84 Å². The summed E-state index contributed by atoms with van der Waals surface area (Å²) in [6.45, 7) is 5.27. The van der Waals surface area contributed by atoms with Crippen molar-refractivity contribution in [2.24, 2.45) is 16.3 Å². The van der Waals surface area contributed by atoms with Crippen LogP contribution in [0.4, 0.5) is 10.1 Å². The largest absolute Gasteiger partial charge is 0.409 e. The van der Waals surface area contributed by atoms with Gasteiger partial charge in [0, 0.05) is 0 Å². The molecule has 0 fully saturated rings. The van der Waals surface area contributed by atoms with Crippen LogP contribution in [0.15, 0.2) is 23.4 Å². The van der Waals surface area contributed by atoms with E-state index in [1.165, 1.54) is 12.1 Å². The molecule has 1 amide bonds. The number of carbonyl (C=O) groups excluding carboxylic acids is 1. The molecule has 110 valence electrons. The van der Waals surface area contributed by atoms with Crippen LogP contribution in [0.2, 0.25) is 0 Å². The van der Waals surface area contributed by atoms with Gasteiger partial charge in [-0.15, -0.1) is 0 Å². The molecule has 6 heteroatoms. The van der Waals surface area contributed by atoms with Gasteiger partial charge in [-0.25, -0.2) is 4.39 Å². The summed E-state index contributed by atoms with van der Waals surface area (Å²) in [5.41, 5.74) is 5.33. The van der Waals surface area contributed by atoms with Gasteiger partial charge in [-0.2, -0.15) is 0 Å². The minimum atomic E-state index is -1.15. The second kappa shape index (κ2) is 6.36. The number of benzene rings is 1. The number of hydrogen-bond acceptors (Lipinski definition) is 3. The Kier molecular flexibility index (Phi) is 5.07. The van der Waals surface area contributed by atoms with Crippen LogP contribution in [0, 0.1) is 18.2 Å². The Bertz CT molecular complexity index is 525. The van der Waals surface area contributed by atoms with Crippen molar-refractivity contribution in [3.63, 3.8) is 0 Å². The minimum absolute atomic E-state index is 0.0811. The van der Waals surface area contributed by atoms with Gasteiger partial charge in [0.05, 0.1) is 5.69 Å². The fourth-order valence-electron chi connectivity index (χ4n) is 2.11. The molecule has 1 aromatic rings.